The van der Waals surface area contributed by atoms with E-state index in [1.165, 1.54) is 0 Å². The fraction of sp³-hybridized carbons (Fsp3) is 0.350. The maximum Gasteiger partial charge on any atom is 0.261 e. The quantitative estimate of drug-likeness (QED) is 0.819. The minimum atomic E-state index is -0.0686. The number of nitrogens with zero attached hydrogens (tertiary/aromatic N) is 2. The van der Waals surface area contributed by atoms with E-state index in [1.807, 2.05) is 30.0 Å². The molecule has 1 amide bonds. The van der Waals surface area contributed by atoms with Gasteiger partial charge in [-0.3, -0.25) is 4.79 Å². The Morgan fingerprint density at radius 3 is 2.15 bits per heavy atom. The van der Waals surface area contributed by atoms with Gasteiger partial charge in [0.25, 0.3) is 5.91 Å². The van der Waals surface area contributed by atoms with Gasteiger partial charge in [0.2, 0.25) is 0 Å². The molecule has 0 atom stereocenters. The van der Waals surface area contributed by atoms with Gasteiger partial charge in [-0.25, -0.2) is 0 Å². The largest absolute Gasteiger partial charge is 0.496 e. The van der Waals surface area contributed by atoms with E-state index >= 15 is 0 Å². The van der Waals surface area contributed by atoms with E-state index in [9.17, 15) is 4.79 Å². The molecular weight excluding hydrogens is 352 g/mol. The van der Waals surface area contributed by atoms with Crippen LogP contribution >= 0.6 is 11.6 Å². The number of benzene rings is 2. The molecular formula is C20H23ClN2O3. The van der Waals surface area contributed by atoms with Gasteiger partial charge in [0.05, 0.1) is 14.2 Å². The van der Waals surface area contributed by atoms with Gasteiger partial charge >= 0.3 is 0 Å². The summed E-state index contributed by atoms with van der Waals surface area (Å²) < 4.78 is 10.7. The molecule has 26 heavy (non-hydrogen) atoms. The number of carbonyl (C=O) groups excluding carboxylic acids is 1. The number of halogens is 1. The molecule has 2 aromatic rings. The summed E-state index contributed by atoms with van der Waals surface area (Å²) in [5, 5.41) is 0.764. The second kappa shape index (κ2) is 7.87. The van der Waals surface area contributed by atoms with E-state index < -0.39 is 0 Å². The molecule has 1 saturated heterocycles. The highest BCUT2D eigenvalue weighted by molar-refractivity contribution is 6.31. The Morgan fingerprint density at radius 1 is 1.00 bits per heavy atom. The fourth-order valence-corrected chi connectivity index (χ4v) is 3.34. The second-order valence-corrected chi connectivity index (χ2v) is 6.66. The van der Waals surface area contributed by atoms with Crippen LogP contribution in [0.25, 0.3) is 0 Å². The highest BCUT2D eigenvalue weighted by Gasteiger charge is 2.27. The molecule has 0 unspecified atom stereocenters. The van der Waals surface area contributed by atoms with E-state index in [0.29, 0.717) is 30.2 Å². The number of amides is 1. The predicted octanol–water partition coefficient (Wildman–Crippen LogP) is 3.63. The van der Waals surface area contributed by atoms with Crippen LogP contribution in [0.2, 0.25) is 5.02 Å². The predicted molar refractivity (Wildman–Crippen MR) is 104 cm³/mol. The molecule has 0 saturated carbocycles. The number of piperazine rings is 1. The third kappa shape index (κ3) is 3.58. The molecule has 0 radical (unpaired) electrons. The minimum absolute atomic E-state index is 0.0686. The van der Waals surface area contributed by atoms with Crippen LogP contribution in [0.1, 0.15) is 15.9 Å². The van der Waals surface area contributed by atoms with Gasteiger partial charge in [0.1, 0.15) is 17.1 Å². The number of hydrogen-bond acceptors (Lipinski definition) is 4. The summed E-state index contributed by atoms with van der Waals surface area (Å²) in [6.07, 6.45) is 0. The van der Waals surface area contributed by atoms with Crippen molar-refractivity contribution in [2.75, 3.05) is 45.3 Å². The first kappa shape index (κ1) is 18.4. The Balaban J connectivity index is 1.74. The van der Waals surface area contributed by atoms with Crippen molar-refractivity contribution in [2.45, 2.75) is 6.92 Å². The molecule has 1 aliphatic rings. The van der Waals surface area contributed by atoms with Crippen LogP contribution in [0.3, 0.4) is 0 Å². The van der Waals surface area contributed by atoms with E-state index in [1.54, 1.807) is 26.4 Å². The molecule has 1 aliphatic heterocycles. The third-order valence-corrected chi connectivity index (χ3v) is 5.14. The summed E-state index contributed by atoms with van der Waals surface area (Å²) >= 11 is 6.24. The highest BCUT2D eigenvalue weighted by Crippen LogP contribution is 2.30. The van der Waals surface area contributed by atoms with Crippen LogP contribution in [0.15, 0.2) is 36.4 Å². The van der Waals surface area contributed by atoms with E-state index in [4.69, 9.17) is 21.1 Å². The Labute approximate surface area is 159 Å². The first-order valence-electron chi connectivity index (χ1n) is 8.56. The number of aryl methyl sites for hydroxylation is 1. The first-order chi connectivity index (χ1) is 12.5. The minimum Gasteiger partial charge on any atom is -0.496 e. The Kier molecular flexibility index (Phi) is 5.57. The SMILES string of the molecule is COc1cccc(OC)c1C(=O)N1CCN(c2ccc(C)c(Cl)c2)CC1. The van der Waals surface area contributed by atoms with Crippen molar-refractivity contribution in [3.8, 4) is 11.5 Å². The van der Waals surface area contributed by atoms with E-state index in [-0.39, 0.29) is 5.91 Å². The Hall–Kier alpha value is -2.40. The van der Waals surface area contributed by atoms with Crippen molar-refractivity contribution in [3.05, 3.63) is 52.5 Å². The van der Waals surface area contributed by atoms with Crippen LogP contribution in [0.5, 0.6) is 11.5 Å². The van der Waals surface area contributed by atoms with Crippen molar-refractivity contribution in [2.24, 2.45) is 0 Å². The molecule has 0 bridgehead atoms. The molecule has 0 N–H and O–H groups in total. The fourth-order valence-electron chi connectivity index (χ4n) is 3.17. The molecule has 0 spiro atoms. The van der Waals surface area contributed by atoms with Crippen LogP contribution in [0.4, 0.5) is 5.69 Å². The summed E-state index contributed by atoms with van der Waals surface area (Å²) in [6.45, 7) is 4.76. The lowest BCUT2D eigenvalue weighted by Gasteiger charge is -2.36. The summed E-state index contributed by atoms with van der Waals surface area (Å²) in [6, 6.07) is 11.4. The lowest BCUT2D eigenvalue weighted by Crippen LogP contribution is -2.49. The van der Waals surface area contributed by atoms with E-state index in [2.05, 4.69) is 11.0 Å². The summed E-state index contributed by atoms with van der Waals surface area (Å²) in [7, 11) is 3.12. The molecule has 138 valence electrons. The zero-order chi connectivity index (χ0) is 18.7. The van der Waals surface area contributed by atoms with Crippen molar-refractivity contribution < 1.29 is 14.3 Å². The van der Waals surface area contributed by atoms with Gasteiger partial charge in [0, 0.05) is 36.9 Å². The molecule has 1 fully saturated rings. The number of hydrogen-bond donors (Lipinski definition) is 0. The molecule has 5 nitrogen and oxygen atoms in total. The zero-order valence-corrected chi connectivity index (χ0v) is 16.0. The average molecular weight is 375 g/mol. The second-order valence-electron chi connectivity index (χ2n) is 6.25. The Bertz CT molecular complexity index is 779. The number of carbonyl (C=O) groups is 1. The summed E-state index contributed by atoms with van der Waals surface area (Å²) in [4.78, 5) is 17.1. The van der Waals surface area contributed by atoms with Crippen molar-refractivity contribution in [1.29, 1.82) is 0 Å². The normalized spacial score (nSPS) is 14.3. The molecule has 0 aromatic heterocycles. The molecule has 6 heteroatoms. The van der Waals surface area contributed by atoms with E-state index in [0.717, 1.165) is 29.4 Å². The topological polar surface area (TPSA) is 42.0 Å². The van der Waals surface area contributed by atoms with Crippen LogP contribution in [-0.2, 0) is 0 Å². The Morgan fingerprint density at radius 2 is 1.62 bits per heavy atom. The maximum atomic E-state index is 13.0. The van der Waals surface area contributed by atoms with Gasteiger partial charge in [-0.2, -0.15) is 0 Å². The lowest BCUT2D eigenvalue weighted by atomic mass is 10.1. The van der Waals surface area contributed by atoms with Gasteiger partial charge in [-0.05, 0) is 36.8 Å². The molecule has 0 aliphatic carbocycles. The monoisotopic (exact) mass is 374 g/mol. The van der Waals surface area contributed by atoms with Crippen LogP contribution in [-0.4, -0.2) is 51.2 Å². The third-order valence-electron chi connectivity index (χ3n) is 4.73. The standard InChI is InChI=1S/C20H23ClN2O3/c1-14-7-8-15(13-16(14)21)22-9-11-23(12-10-22)20(24)19-17(25-2)5-4-6-18(19)26-3/h4-8,13H,9-12H2,1-3H3. The zero-order valence-electron chi connectivity index (χ0n) is 15.3. The van der Waals surface area contributed by atoms with Crippen molar-refractivity contribution in [3.63, 3.8) is 0 Å². The van der Waals surface area contributed by atoms with Gasteiger partial charge in [0.15, 0.2) is 0 Å². The maximum absolute atomic E-state index is 13.0. The number of anilines is 1. The molecule has 1 heterocycles. The number of methoxy groups -OCH3 is 2. The lowest BCUT2D eigenvalue weighted by molar-refractivity contribution is 0.0740. The molecule has 3 rings (SSSR count). The van der Waals surface area contributed by atoms with Gasteiger partial charge in [-0.1, -0.05) is 23.7 Å². The molecule has 2 aromatic carbocycles. The van der Waals surface area contributed by atoms with Crippen LogP contribution < -0.4 is 14.4 Å². The smallest absolute Gasteiger partial charge is 0.261 e. The highest BCUT2D eigenvalue weighted by atomic mass is 35.5. The van der Waals surface area contributed by atoms with Crippen molar-refractivity contribution >= 4 is 23.2 Å². The van der Waals surface area contributed by atoms with Gasteiger partial charge in [-0.15, -0.1) is 0 Å². The van der Waals surface area contributed by atoms with Gasteiger partial charge < -0.3 is 19.3 Å². The average Bonchev–Trinajstić information content (AvgIpc) is 2.69. The summed E-state index contributed by atoms with van der Waals surface area (Å²) in [5.41, 5.74) is 2.62. The van der Waals surface area contributed by atoms with Crippen LogP contribution in [0, 0.1) is 6.92 Å². The first-order valence-corrected chi connectivity index (χ1v) is 8.94. The number of ether oxygens (including phenoxy) is 2. The van der Waals surface area contributed by atoms with Crippen molar-refractivity contribution in [1.82, 2.24) is 4.90 Å². The summed E-state index contributed by atoms with van der Waals surface area (Å²) in [5.74, 6) is 0.991. The number of rotatable bonds is 4.